The maximum Gasteiger partial charge on any atom is 0.0732 e. The average molecular weight is 621 g/mol. The Hall–Kier alpha value is -5.08. The van der Waals surface area contributed by atoms with Crippen LogP contribution in [0, 0.1) is 0 Å². The van der Waals surface area contributed by atoms with Crippen LogP contribution >= 0.6 is 0 Å². The lowest BCUT2D eigenvalue weighted by atomic mass is 9.76. The number of benzene rings is 4. The molecular weight excluding hydrogens is 581 g/mol. The molecule has 1 aromatic heterocycles. The highest BCUT2D eigenvalue weighted by Crippen LogP contribution is 2.57. The van der Waals surface area contributed by atoms with Crippen LogP contribution in [0.3, 0.4) is 0 Å². The second-order valence-electron chi connectivity index (χ2n) is 14.6. The molecule has 2 heterocycles. The quantitative estimate of drug-likeness (QED) is 0.195. The van der Waals surface area contributed by atoms with Crippen LogP contribution in [0.5, 0.6) is 0 Å². The van der Waals surface area contributed by atoms with Crippen molar-refractivity contribution in [1.29, 1.82) is 0 Å². The number of allylic oxidation sites excluding steroid dienone is 3. The van der Waals surface area contributed by atoms with E-state index in [9.17, 15) is 0 Å². The highest BCUT2D eigenvalue weighted by molar-refractivity contribution is 5.88. The Morgan fingerprint density at radius 2 is 1.50 bits per heavy atom. The van der Waals surface area contributed by atoms with E-state index >= 15 is 0 Å². The Kier molecular flexibility index (Phi) is 6.10. The van der Waals surface area contributed by atoms with Crippen molar-refractivity contribution in [3.8, 4) is 16.8 Å². The van der Waals surface area contributed by atoms with Crippen molar-refractivity contribution in [1.82, 2.24) is 4.57 Å². The molecule has 0 saturated heterocycles. The monoisotopic (exact) mass is 620 g/mol. The summed E-state index contributed by atoms with van der Waals surface area (Å²) in [6, 6.07) is 32.0. The summed E-state index contributed by atoms with van der Waals surface area (Å²) in [6.45, 7) is 4.88. The first-order chi connectivity index (χ1) is 23.6. The van der Waals surface area contributed by atoms with Gasteiger partial charge in [0.05, 0.1) is 10.9 Å². The van der Waals surface area contributed by atoms with Gasteiger partial charge in [-0.3, -0.25) is 0 Å². The molecule has 5 aromatic rings. The SMILES string of the molecule is CC1CC=Cc2c1ccc1c2C2C=c3c4c(n(-c5ccc(-c6ccccc6)cc5)c3=CC2(C)N1c1ccc2c(c1)CCC=C2)CCC=C4. The fourth-order valence-electron chi connectivity index (χ4n) is 9.39. The van der Waals surface area contributed by atoms with Gasteiger partial charge in [0, 0.05) is 39.5 Å². The topological polar surface area (TPSA) is 8.17 Å². The molecular formula is C46H40N2. The Morgan fingerprint density at radius 1 is 0.729 bits per heavy atom. The zero-order valence-electron chi connectivity index (χ0n) is 27.8. The van der Waals surface area contributed by atoms with Gasteiger partial charge in [-0.25, -0.2) is 0 Å². The van der Waals surface area contributed by atoms with Gasteiger partial charge in [0.2, 0.25) is 0 Å². The second kappa shape index (κ2) is 10.5. The number of anilines is 2. The van der Waals surface area contributed by atoms with Crippen LogP contribution in [0.15, 0.2) is 103 Å². The number of hydrogen-bond donors (Lipinski definition) is 0. The van der Waals surface area contributed by atoms with Crippen LogP contribution in [-0.2, 0) is 12.8 Å². The summed E-state index contributed by atoms with van der Waals surface area (Å²) in [4.78, 5) is 2.68. The number of rotatable bonds is 3. The van der Waals surface area contributed by atoms with Gasteiger partial charge < -0.3 is 9.47 Å². The van der Waals surface area contributed by atoms with E-state index in [1.165, 1.54) is 77.8 Å². The highest BCUT2D eigenvalue weighted by atomic mass is 15.2. The first-order valence-corrected chi connectivity index (χ1v) is 17.8. The van der Waals surface area contributed by atoms with Crippen molar-refractivity contribution >= 4 is 41.8 Å². The van der Waals surface area contributed by atoms with Gasteiger partial charge in [0.15, 0.2) is 0 Å². The maximum atomic E-state index is 2.68. The zero-order chi connectivity index (χ0) is 32.0. The Morgan fingerprint density at radius 3 is 2.38 bits per heavy atom. The fourth-order valence-corrected chi connectivity index (χ4v) is 9.39. The number of aromatic nitrogens is 1. The molecule has 0 bridgehead atoms. The first kappa shape index (κ1) is 28.0. The predicted octanol–water partition coefficient (Wildman–Crippen LogP) is 9.85. The minimum atomic E-state index is -0.274. The molecule has 4 aromatic carbocycles. The fraction of sp³-hybridized carbons (Fsp3) is 0.217. The second-order valence-corrected chi connectivity index (χ2v) is 14.6. The Labute approximate surface area is 283 Å². The van der Waals surface area contributed by atoms with Gasteiger partial charge in [0.25, 0.3) is 0 Å². The highest BCUT2D eigenvalue weighted by Gasteiger charge is 2.50. The van der Waals surface area contributed by atoms with E-state index in [1.54, 1.807) is 0 Å². The summed E-state index contributed by atoms with van der Waals surface area (Å²) in [7, 11) is 0. The lowest BCUT2D eigenvalue weighted by Crippen LogP contribution is -2.48. The van der Waals surface area contributed by atoms with Gasteiger partial charge in [-0.1, -0.05) is 104 Å². The summed E-state index contributed by atoms with van der Waals surface area (Å²) in [6.07, 6.45) is 24.9. The van der Waals surface area contributed by atoms with Crippen LogP contribution in [-0.4, -0.2) is 10.1 Å². The van der Waals surface area contributed by atoms with Crippen molar-refractivity contribution < 1.29 is 0 Å². The van der Waals surface area contributed by atoms with E-state index in [-0.39, 0.29) is 11.5 Å². The first-order valence-electron chi connectivity index (χ1n) is 17.8. The standard InChI is InChI=1S/C46H40N2/c1-30-11-10-17-39-37(30)25-26-43-45(39)41-28-40-38-16-8-9-18-42(38)47(35-22-19-33(20-23-35)31-12-4-3-5-13-31)44(40)29-46(41,2)48(43)36-24-21-32-14-6-7-15-34(32)27-36/h3-6,8,10,12-14,16-17,19-30,41H,7,9,11,15,18H2,1-2H3. The van der Waals surface area contributed by atoms with E-state index in [0.717, 1.165) is 32.1 Å². The van der Waals surface area contributed by atoms with Crippen molar-refractivity contribution in [2.45, 2.75) is 63.3 Å². The molecule has 1 aliphatic heterocycles. The summed E-state index contributed by atoms with van der Waals surface area (Å²) >= 11 is 0. The minimum Gasteiger partial charge on any atom is -0.331 e. The van der Waals surface area contributed by atoms with Gasteiger partial charge in [0.1, 0.15) is 0 Å². The Balaban J connectivity index is 1.23. The molecule has 0 fully saturated rings. The summed E-state index contributed by atoms with van der Waals surface area (Å²) < 4.78 is 2.58. The summed E-state index contributed by atoms with van der Waals surface area (Å²) in [5, 5.41) is 2.72. The maximum absolute atomic E-state index is 2.68. The van der Waals surface area contributed by atoms with Crippen molar-refractivity contribution in [2.75, 3.05) is 4.90 Å². The third-order valence-corrected chi connectivity index (χ3v) is 11.7. The molecule has 3 unspecified atom stereocenters. The molecule has 0 amide bonds. The molecule has 5 aliphatic rings. The smallest absolute Gasteiger partial charge is 0.0732 e. The summed E-state index contributed by atoms with van der Waals surface area (Å²) in [5.74, 6) is 0.765. The van der Waals surface area contributed by atoms with E-state index in [2.05, 4.69) is 157 Å². The molecule has 234 valence electrons. The molecule has 10 rings (SSSR count). The van der Waals surface area contributed by atoms with Gasteiger partial charge in [-0.15, -0.1) is 0 Å². The van der Waals surface area contributed by atoms with E-state index in [0.29, 0.717) is 5.92 Å². The molecule has 0 radical (unpaired) electrons. The molecule has 2 nitrogen and oxygen atoms in total. The van der Waals surface area contributed by atoms with E-state index < -0.39 is 0 Å². The van der Waals surface area contributed by atoms with E-state index in [1.807, 2.05) is 0 Å². The van der Waals surface area contributed by atoms with Crippen LogP contribution in [0.2, 0.25) is 0 Å². The predicted molar refractivity (Wildman–Crippen MR) is 202 cm³/mol. The lowest BCUT2D eigenvalue weighted by Gasteiger charge is -2.39. The zero-order valence-corrected chi connectivity index (χ0v) is 27.8. The number of nitrogens with zero attached hydrogens (tertiary/aromatic N) is 2. The van der Waals surface area contributed by atoms with Gasteiger partial charge in [-0.05, 0) is 120 Å². The molecule has 0 saturated carbocycles. The molecule has 3 atom stereocenters. The van der Waals surface area contributed by atoms with Crippen LogP contribution in [0.4, 0.5) is 11.4 Å². The third kappa shape index (κ3) is 3.99. The van der Waals surface area contributed by atoms with Crippen LogP contribution < -0.4 is 15.5 Å². The molecule has 0 spiro atoms. The van der Waals surface area contributed by atoms with Crippen molar-refractivity contribution in [3.63, 3.8) is 0 Å². The van der Waals surface area contributed by atoms with Crippen molar-refractivity contribution in [3.05, 3.63) is 153 Å². The molecule has 2 heteroatoms. The average Bonchev–Trinajstić information content (AvgIpc) is 3.58. The number of fused-ring (bicyclic) bond motifs is 9. The van der Waals surface area contributed by atoms with Crippen molar-refractivity contribution in [2.24, 2.45) is 0 Å². The van der Waals surface area contributed by atoms with Crippen LogP contribution in [0.25, 0.3) is 47.2 Å². The number of aryl methyl sites for hydroxylation is 1. The summed E-state index contributed by atoms with van der Waals surface area (Å²) in [5.41, 5.74) is 16.2. The molecule has 0 N–H and O–H groups in total. The van der Waals surface area contributed by atoms with E-state index in [4.69, 9.17) is 0 Å². The Bertz CT molecular complexity index is 2350. The number of hydrogen-bond acceptors (Lipinski definition) is 1. The van der Waals surface area contributed by atoms with Gasteiger partial charge in [-0.2, -0.15) is 0 Å². The third-order valence-electron chi connectivity index (χ3n) is 11.7. The lowest BCUT2D eigenvalue weighted by molar-refractivity contribution is 0.586. The minimum absolute atomic E-state index is 0.233. The van der Waals surface area contributed by atoms with Gasteiger partial charge >= 0.3 is 0 Å². The molecule has 4 aliphatic carbocycles. The normalized spacial score (nSPS) is 22.5. The molecule has 48 heavy (non-hydrogen) atoms. The van der Waals surface area contributed by atoms with Crippen LogP contribution in [0.1, 0.15) is 84.0 Å². The largest absolute Gasteiger partial charge is 0.331 e.